The van der Waals surface area contributed by atoms with Crippen LogP contribution in [0.2, 0.25) is 0 Å². The lowest BCUT2D eigenvalue weighted by Gasteiger charge is -2.10. The van der Waals surface area contributed by atoms with Crippen LogP contribution in [0.4, 0.5) is 10.7 Å². The average Bonchev–Trinajstić information content (AvgIpc) is 3.01. The predicted octanol–water partition coefficient (Wildman–Crippen LogP) is 4.49. The SMILES string of the molecule is Cc1cccc(C(=O)Nc2ccc(C)c(C(=O)Nc3cnc[s+]3C)c2)c1. The van der Waals surface area contributed by atoms with Crippen molar-refractivity contribution >= 4 is 33.0 Å². The Hall–Kier alpha value is -2.99. The van der Waals surface area contributed by atoms with Crippen molar-refractivity contribution in [3.8, 4) is 0 Å². The molecule has 0 bridgehead atoms. The van der Waals surface area contributed by atoms with Crippen molar-refractivity contribution in [3.63, 3.8) is 0 Å². The minimum absolute atomic E-state index is 0.186. The van der Waals surface area contributed by atoms with Gasteiger partial charge in [0.05, 0.1) is 0 Å². The summed E-state index contributed by atoms with van der Waals surface area (Å²) in [5.74, 6) is -0.406. The van der Waals surface area contributed by atoms with Crippen LogP contribution in [0.15, 0.2) is 54.2 Å². The molecule has 1 atom stereocenters. The summed E-state index contributed by atoms with van der Waals surface area (Å²) >= 11 is 0. The maximum Gasteiger partial charge on any atom is 0.267 e. The smallest absolute Gasteiger partial charge is 0.267 e. The number of hydrogen-bond acceptors (Lipinski definition) is 3. The third kappa shape index (κ3) is 3.97. The molecule has 1 unspecified atom stereocenters. The molecule has 6 heteroatoms. The van der Waals surface area contributed by atoms with Gasteiger partial charge in [-0.15, -0.1) is 0 Å². The number of aryl methyl sites for hydroxylation is 3. The van der Waals surface area contributed by atoms with Gasteiger partial charge in [-0.05, 0) is 43.7 Å². The van der Waals surface area contributed by atoms with Gasteiger partial charge in [0.25, 0.3) is 16.8 Å². The Balaban J connectivity index is 1.80. The number of aromatic nitrogens is 1. The lowest BCUT2D eigenvalue weighted by molar-refractivity contribution is 0.101. The largest absolute Gasteiger partial charge is 0.322 e. The molecule has 0 radical (unpaired) electrons. The highest BCUT2D eigenvalue weighted by Crippen LogP contribution is 2.26. The molecule has 132 valence electrons. The number of anilines is 2. The van der Waals surface area contributed by atoms with E-state index in [9.17, 15) is 9.59 Å². The summed E-state index contributed by atoms with van der Waals surface area (Å²) < 4.78 is 0. The van der Waals surface area contributed by atoms with Crippen molar-refractivity contribution in [2.45, 2.75) is 13.8 Å². The van der Waals surface area contributed by atoms with Crippen LogP contribution in [0.25, 0.3) is 0 Å². The fourth-order valence-corrected chi connectivity index (χ4v) is 3.39. The summed E-state index contributed by atoms with van der Waals surface area (Å²) in [4.78, 5) is 29.1. The van der Waals surface area contributed by atoms with E-state index in [1.807, 2.05) is 44.4 Å². The molecule has 1 aromatic heterocycles. The molecule has 0 saturated heterocycles. The molecule has 26 heavy (non-hydrogen) atoms. The van der Waals surface area contributed by atoms with Crippen LogP contribution in [-0.2, 0) is 6.26 Å². The van der Waals surface area contributed by atoms with E-state index in [0.29, 0.717) is 16.8 Å². The van der Waals surface area contributed by atoms with E-state index in [1.165, 1.54) is 0 Å². The number of hydrogen-bond donors (Lipinski definition) is 2. The predicted molar refractivity (Wildman–Crippen MR) is 106 cm³/mol. The molecule has 0 saturated carbocycles. The molecule has 3 aromatic rings. The van der Waals surface area contributed by atoms with Crippen molar-refractivity contribution in [2.75, 3.05) is 10.6 Å². The molecule has 0 aliphatic heterocycles. The highest BCUT2D eigenvalue weighted by atomic mass is 32.2. The van der Waals surface area contributed by atoms with Gasteiger partial charge in [-0.2, -0.15) is 0 Å². The quantitative estimate of drug-likeness (QED) is 0.668. The number of nitrogens with zero attached hydrogens (tertiary/aromatic N) is 1. The third-order valence-corrected chi connectivity index (χ3v) is 5.35. The topological polar surface area (TPSA) is 71.1 Å². The molecule has 2 N–H and O–H groups in total. The highest BCUT2D eigenvalue weighted by Gasteiger charge is 2.17. The van der Waals surface area contributed by atoms with Gasteiger partial charge in [0.15, 0.2) is 0 Å². The van der Waals surface area contributed by atoms with Crippen LogP contribution >= 0.6 is 10.5 Å². The van der Waals surface area contributed by atoms with Crippen LogP contribution in [-0.4, -0.2) is 16.8 Å². The van der Waals surface area contributed by atoms with Crippen molar-refractivity contribution < 1.29 is 9.59 Å². The van der Waals surface area contributed by atoms with Crippen LogP contribution < -0.4 is 10.6 Å². The number of nitrogens with one attached hydrogen (secondary N) is 2. The van der Waals surface area contributed by atoms with E-state index >= 15 is 0 Å². The van der Waals surface area contributed by atoms with Crippen LogP contribution in [0.1, 0.15) is 31.8 Å². The zero-order chi connectivity index (χ0) is 18.7. The monoisotopic (exact) mass is 366 g/mol. The molecule has 0 spiro atoms. The highest BCUT2D eigenvalue weighted by molar-refractivity contribution is 7.31. The Bertz CT molecular complexity index is 979. The molecule has 3 rings (SSSR count). The standard InChI is InChI=1S/C20H19N3O2S/c1-13-5-4-6-15(9-13)19(24)22-16-8-7-14(2)17(10-16)20(25)23-18-11-21-12-26(18)3/h4-12H,1-3H3,(H-,22,23,24,25)/p+1. The van der Waals surface area contributed by atoms with Crippen molar-refractivity contribution in [1.29, 1.82) is 0 Å². The van der Waals surface area contributed by atoms with Crippen LogP contribution in [0.5, 0.6) is 0 Å². The summed E-state index contributed by atoms with van der Waals surface area (Å²) in [6, 6.07) is 12.7. The van der Waals surface area contributed by atoms with Gasteiger partial charge in [0.2, 0.25) is 5.51 Å². The Morgan fingerprint density at radius 1 is 1.00 bits per heavy atom. The number of carbonyl (C=O) groups excluding carboxylic acids is 2. The maximum atomic E-state index is 12.6. The maximum absolute atomic E-state index is 12.6. The summed E-state index contributed by atoms with van der Waals surface area (Å²) in [6.45, 7) is 3.81. The lowest BCUT2D eigenvalue weighted by Crippen LogP contribution is -2.15. The molecule has 1 heterocycles. The van der Waals surface area contributed by atoms with Crippen LogP contribution in [0, 0.1) is 13.8 Å². The molecule has 0 aliphatic carbocycles. The first kappa shape index (κ1) is 17.8. The molecule has 5 nitrogen and oxygen atoms in total. The minimum atomic E-state index is -0.203. The lowest BCUT2D eigenvalue weighted by atomic mass is 10.1. The van der Waals surface area contributed by atoms with Crippen molar-refractivity contribution in [2.24, 2.45) is 6.26 Å². The second-order valence-electron chi connectivity index (χ2n) is 6.11. The zero-order valence-corrected chi connectivity index (χ0v) is 15.7. The van der Waals surface area contributed by atoms with Crippen molar-refractivity contribution in [1.82, 2.24) is 4.98 Å². The van der Waals surface area contributed by atoms with Crippen LogP contribution in [0.3, 0.4) is 0 Å². The molecule has 2 amide bonds. The number of carbonyl (C=O) groups is 2. The fraction of sp³-hybridized carbons (Fsp3) is 0.150. The molecular weight excluding hydrogens is 346 g/mol. The fourth-order valence-electron chi connectivity index (χ4n) is 2.56. The summed E-state index contributed by atoms with van der Waals surface area (Å²) in [5.41, 5.74) is 5.35. The summed E-state index contributed by atoms with van der Waals surface area (Å²) in [7, 11) is -0.186. The first-order valence-corrected chi connectivity index (χ1v) is 9.82. The number of amides is 2. The molecule has 0 fully saturated rings. The number of thiazole rings is 1. The molecular formula is C20H20N3O2S+. The van der Waals surface area contributed by atoms with E-state index in [-0.39, 0.29) is 22.3 Å². The van der Waals surface area contributed by atoms with E-state index in [0.717, 1.165) is 16.1 Å². The summed E-state index contributed by atoms with van der Waals surface area (Å²) in [6.07, 6.45) is 3.66. The van der Waals surface area contributed by atoms with E-state index in [1.54, 1.807) is 29.9 Å². The van der Waals surface area contributed by atoms with Gasteiger partial charge >= 0.3 is 0 Å². The zero-order valence-electron chi connectivity index (χ0n) is 14.9. The second kappa shape index (κ2) is 7.49. The van der Waals surface area contributed by atoms with E-state index in [2.05, 4.69) is 15.6 Å². The Morgan fingerprint density at radius 2 is 1.81 bits per heavy atom. The van der Waals surface area contributed by atoms with Gasteiger partial charge in [0.1, 0.15) is 12.5 Å². The average molecular weight is 366 g/mol. The van der Waals surface area contributed by atoms with Crippen molar-refractivity contribution in [3.05, 3.63) is 76.4 Å². The first-order valence-electron chi connectivity index (χ1n) is 8.12. The number of benzene rings is 2. The Kier molecular flexibility index (Phi) is 5.14. The summed E-state index contributed by atoms with van der Waals surface area (Å²) in [5, 5.41) is 6.55. The van der Waals surface area contributed by atoms with Gasteiger partial charge < -0.3 is 5.32 Å². The Morgan fingerprint density at radius 3 is 2.50 bits per heavy atom. The van der Waals surface area contributed by atoms with E-state index < -0.39 is 0 Å². The Labute approximate surface area is 155 Å². The molecule has 0 aliphatic rings. The van der Waals surface area contributed by atoms with Gasteiger partial charge in [-0.25, -0.2) is 4.98 Å². The van der Waals surface area contributed by atoms with E-state index in [4.69, 9.17) is 0 Å². The minimum Gasteiger partial charge on any atom is -0.322 e. The molecule has 2 aromatic carbocycles. The normalized spacial score (nSPS) is 11.1. The third-order valence-electron chi connectivity index (χ3n) is 4.01. The van der Waals surface area contributed by atoms with Gasteiger partial charge in [-0.1, -0.05) is 23.8 Å². The first-order chi connectivity index (χ1) is 12.4. The van der Waals surface area contributed by atoms with Gasteiger partial charge in [-0.3, -0.25) is 14.9 Å². The second-order valence-corrected chi connectivity index (χ2v) is 7.88. The van der Waals surface area contributed by atoms with Gasteiger partial charge in [0, 0.05) is 27.3 Å². The number of rotatable bonds is 4.